The van der Waals surface area contributed by atoms with Crippen molar-refractivity contribution in [1.82, 2.24) is 5.32 Å². The molecule has 0 aliphatic rings. The minimum atomic E-state index is -0.552. The molecular weight excluding hydrogens is 261 g/mol. The second kappa shape index (κ2) is 6.23. The van der Waals surface area contributed by atoms with E-state index in [0.717, 1.165) is 6.07 Å². The molecule has 0 saturated carbocycles. The average Bonchev–Trinajstić information content (AvgIpc) is 2.91. The first-order chi connectivity index (χ1) is 9.56. The van der Waals surface area contributed by atoms with Crippen LogP contribution in [-0.2, 0) is 6.54 Å². The average molecular weight is 277 g/mol. The van der Waals surface area contributed by atoms with E-state index >= 15 is 0 Å². The van der Waals surface area contributed by atoms with Crippen molar-refractivity contribution in [2.75, 3.05) is 0 Å². The van der Waals surface area contributed by atoms with Gasteiger partial charge in [-0.05, 0) is 44.2 Å². The molecule has 0 radical (unpaired) electrons. The molecule has 1 heterocycles. The van der Waals surface area contributed by atoms with Gasteiger partial charge < -0.3 is 14.5 Å². The number of amides is 1. The van der Waals surface area contributed by atoms with Gasteiger partial charge in [-0.3, -0.25) is 4.79 Å². The van der Waals surface area contributed by atoms with Crippen LogP contribution in [0.2, 0.25) is 0 Å². The smallest absolute Gasteiger partial charge is 0.251 e. The van der Waals surface area contributed by atoms with Crippen LogP contribution in [-0.4, -0.2) is 12.0 Å². The molecular formula is C15H16FNO3. The van der Waals surface area contributed by atoms with E-state index in [9.17, 15) is 9.18 Å². The highest BCUT2D eigenvalue weighted by Crippen LogP contribution is 2.19. The fourth-order valence-corrected chi connectivity index (χ4v) is 1.67. The van der Waals surface area contributed by atoms with E-state index in [2.05, 4.69) is 5.32 Å². The van der Waals surface area contributed by atoms with Gasteiger partial charge in [0, 0.05) is 5.56 Å². The van der Waals surface area contributed by atoms with Crippen LogP contribution in [0.1, 0.15) is 30.0 Å². The van der Waals surface area contributed by atoms with Gasteiger partial charge in [0.1, 0.15) is 5.76 Å². The van der Waals surface area contributed by atoms with Crippen molar-refractivity contribution >= 4 is 5.91 Å². The van der Waals surface area contributed by atoms with Gasteiger partial charge in [0.15, 0.2) is 11.6 Å². The first-order valence-corrected chi connectivity index (χ1v) is 6.33. The van der Waals surface area contributed by atoms with Gasteiger partial charge in [-0.25, -0.2) is 4.39 Å². The summed E-state index contributed by atoms with van der Waals surface area (Å²) in [5, 5.41) is 2.65. The van der Waals surface area contributed by atoms with Gasteiger partial charge in [-0.1, -0.05) is 0 Å². The molecule has 1 N–H and O–H groups in total. The number of benzene rings is 1. The molecule has 0 aliphatic heterocycles. The van der Waals surface area contributed by atoms with Gasteiger partial charge in [0.05, 0.1) is 18.9 Å². The molecule has 0 saturated heterocycles. The van der Waals surface area contributed by atoms with Crippen molar-refractivity contribution < 1.29 is 18.3 Å². The number of hydrogen-bond donors (Lipinski definition) is 1. The highest BCUT2D eigenvalue weighted by atomic mass is 19.1. The molecule has 1 aromatic heterocycles. The van der Waals surface area contributed by atoms with Gasteiger partial charge >= 0.3 is 0 Å². The Balaban J connectivity index is 2.01. The summed E-state index contributed by atoms with van der Waals surface area (Å²) in [5.41, 5.74) is 0.241. The van der Waals surface area contributed by atoms with Crippen LogP contribution in [0.5, 0.6) is 5.75 Å². The van der Waals surface area contributed by atoms with Crippen LogP contribution in [0.25, 0.3) is 0 Å². The predicted octanol–water partition coefficient (Wildman–Crippen LogP) is 3.14. The van der Waals surface area contributed by atoms with E-state index in [4.69, 9.17) is 9.15 Å². The lowest BCUT2D eigenvalue weighted by molar-refractivity contribution is 0.0947. The first-order valence-electron chi connectivity index (χ1n) is 6.33. The zero-order valence-corrected chi connectivity index (χ0v) is 11.4. The number of carbonyl (C=O) groups excluding carboxylic acids is 1. The number of rotatable bonds is 5. The molecule has 1 aromatic carbocycles. The largest absolute Gasteiger partial charge is 0.488 e. The molecule has 0 spiro atoms. The quantitative estimate of drug-likeness (QED) is 0.913. The third kappa shape index (κ3) is 3.60. The Labute approximate surface area is 116 Å². The molecule has 5 heteroatoms. The Bertz CT molecular complexity index is 579. The molecule has 0 bridgehead atoms. The van der Waals surface area contributed by atoms with Gasteiger partial charge in [-0.15, -0.1) is 0 Å². The number of hydrogen-bond acceptors (Lipinski definition) is 3. The summed E-state index contributed by atoms with van der Waals surface area (Å²) >= 11 is 0. The fourth-order valence-electron chi connectivity index (χ4n) is 1.67. The summed E-state index contributed by atoms with van der Waals surface area (Å²) < 4.78 is 24.1. The maximum Gasteiger partial charge on any atom is 0.251 e. The molecule has 4 nitrogen and oxygen atoms in total. The summed E-state index contributed by atoms with van der Waals surface area (Å²) in [7, 11) is 0. The number of furan rings is 1. The lowest BCUT2D eigenvalue weighted by atomic mass is 10.2. The van der Waals surface area contributed by atoms with E-state index in [1.54, 1.807) is 12.1 Å². The second-order valence-electron chi connectivity index (χ2n) is 4.57. The van der Waals surface area contributed by atoms with Crippen LogP contribution in [0.15, 0.2) is 41.0 Å². The Morgan fingerprint density at radius 1 is 1.40 bits per heavy atom. The maximum absolute atomic E-state index is 13.8. The standard InChI is InChI=1S/C15H16FNO3/c1-10(2)20-14-6-5-11(8-13(14)16)15(18)17-9-12-4-3-7-19-12/h3-8,10H,9H2,1-2H3,(H,17,18). The Kier molecular flexibility index (Phi) is 4.40. The van der Waals surface area contributed by atoms with Crippen molar-refractivity contribution in [3.05, 3.63) is 53.7 Å². The number of halogens is 1. The third-order valence-corrected chi connectivity index (χ3v) is 2.56. The lowest BCUT2D eigenvalue weighted by Gasteiger charge is -2.11. The number of nitrogens with one attached hydrogen (secondary N) is 1. The summed E-state index contributed by atoms with van der Waals surface area (Å²) in [6, 6.07) is 7.63. The van der Waals surface area contributed by atoms with Crippen molar-refractivity contribution in [2.24, 2.45) is 0 Å². The fraction of sp³-hybridized carbons (Fsp3) is 0.267. The lowest BCUT2D eigenvalue weighted by Crippen LogP contribution is -2.22. The maximum atomic E-state index is 13.8. The number of ether oxygens (including phenoxy) is 1. The first kappa shape index (κ1) is 14.1. The van der Waals surface area contributed by atoms with Gasteiger partial charge in [0.25, 0.3) is 5.91 Å². The predicted molar refractivity (Wildman–Crippen MR) is 72.0 cm³/mol. The van der Waals surface area contributed by atoms with Gasteiger partial charge in [0.2, 0.25) is 0 Å². The van der Waals surface area contributed by atoms with E-state index in [1.807, 2.05) is 13.8 Å². The van der Waals surface area contributed by atoms with Crippen LogP contribution in [0.3, 0.4) is 0 Å². The Hall–Kier alpha value is -2.30. The van der Waals surface area contributed by atoms with Crippen LogP contribution < -0.4 is 10.1 Å². The third-order valence-electron chi connectivity index (χ3n) is 2.56. The minimum absolute atomic E-state index is 0.122. The topological polar surface area (TPSA) is 51.5 Å². The molecule has 0 aliphatic carbocycles. The van der Waals surface area contributed by atoms with Crippen molar-refractivity contribution in [2.45, 2.75) is 26.5 Å². The minimum Gasteiger partial charge on any atom is -0.488 e. The molecule has 0 unspecified atom stereocenters. The highest BCUT2D eigenvalue weighted by Gasteiger charge is 2.11. The van der Waals surface area contributed by atoms with E-state index in [-0.39, 0.29) is 29.9 Å². The highest BCUT2D eigenvalue weighted by molar-refractivity contribution is 5.94. The molecule has 106 valence electrons. The van der Waals surface area contributed by atoms with Crippen LogP contribution in [0, 0.1) is 5.82 Å². The van der Waals surface area contributed by atoms with Crippen molar-refractivity contribution in [3.8, 4) is 5.75 Å². The molecule has 1 amide bonds. The Morgan fingerprint density at radius 3 is 2.80 bits per heavy atom. The molecule has 2 aromatic rings. The van der Waals surface area contributed by atoms with E-state index in [1.165, 1.54) is 18.4 Å². The van der Waals surface area contributed by atoms with Gasteiger partial charge in [-0.2, -0.15) is 0 Å². The summed E-state index contributed by atoms with van der Waals surface area (Å²) in [6.07, 6.45) is 1.40. The van der Waals surface area contributed by atoms with E-state index < -0.39 is 5.82 Å². The SMILES string of the molecule is CC(C)Oc1ccc(C(=O)NCc2ccco2)cc1F. The van der Waals surface area contributed by atoms with Crippen molar-refractivity contribution in [3.63, 3.8) is 0 Å². The second-order valence-corrected chi connectivity index (χ2v) is 4.57. The molecule has 20 heavy (non-hydrogen) atoms. The zero-order valence-electron chi connectivity index (χ0n) is 11.4. The molecule has 0 fully saturated rings. The summed E-state index contributed by atoms with van der Waals surface area (Å²) in [5.74, 6) is -0.137. The van der Waals surface area contributed by atoms with Crippen molar-refractivity contribution in [1.29, 1.82) is 0 Å². The number of carbonyl (C=O) groups is 1. The monoisotopic (exact) mass is 277 g/mol. The summed E-state index contributed by atoms with van der Waals surface area (Å²) in [4.78, 5) is 11.9. The van der Waals surface area contributed by atoms with Crippen LogP contribution >= 0.6 is 0 Å². The van der Waals surface area contributed by atoms with Crippen LogP contribution in [0.4, 0.5) is 4.39 Å². The molecule has 2 rings (SSSR count). The van der Waals surface area contributed by atoms with E-state index in [0.29, 0.717) is 5.76 Å². The summed E-state index contributed by atoms with van der Waals surface area (Å²) in [6.45, 7) is 3.88. The Morgan fingerprint density at radius 2 is 2.20 bits per heavy atom. The zero-order chi connectivity index (χ0) is 14.5. The molecule has 0 atom stereocenters. The normalized spacial score (nSPS) is 10.6.